The van der Waals surface area contributed by atoms with E-state index < -0.39 is 17.5 Å². The Kier molecular flexibility index (Phi) is 3.77. The van der Waals surface area contributed by atoms with Crippen molar-refractivity contribution >= 4 is 17.3 Å². The zero-order valence-corrected chi connectivity index (χ0v) is 9.94. The third-order valence-electron chi connectivity index (χ3n) is 2.41. The fraction of sp³-hybridized carbons (Fsp3) is 0.0769. The van der Waals surface area contributed by atoms with Gasteiger partial charge in [0.1, 0.15) is 17.5 Å². The second-order valence-electron chi connectivity index (χ2n) is 3.71. The third kappa shape index (κ3) is 2.96. The van der Waals surface area contributed by atoms with Crippen LogP contribution in [0.4, 0.5) is 18.9 Å². The molecule has 5 heteroatoms. The highest BCUT2D eigenvalue weighted by Crippen LogP contribution is 2.20. The van der Waals surface area contributed by atoms with Crippen molar-refractivity contribution in [2.45, 2.75) is 6.54 Å². The highest BCUT2D eigenvalue weighted by atomic mass is 35.5. The number of nitrogens with one attached hydrogen (secondary N) is 1. The van der Waals surface area contributed by atoms with E-state index in [0.29, 0.717) is 0 Å². The lowest BCUT2D eigenvalue weighted by molar-refractivity contribution is 0.587. The topological polar surface area (TPSA) is 12.0 Å². The van der Waals surface area contributed by atoms with Gasteiger partial charge in [-0.15, -0.1) is 0 Å². The molecule has 0 saturated carbocycles. The van der Waals surface area contributed by atoms with Gasteiger partial charge < -0.3 is 5.32 Å². The monoisotopic (exact) mass is 271 g/mol. The van der Waals surface area contributed by atoms with E-state index in [0.717, 1.165) is 24.3 Å². The van der Waals surface area contributed by atoms with Crippen LogP contribution in [-0.4, -0.2) is 0 Å². The van der Waals surface area contributed by atoms with Crippen LogP contribution in [0.5, 0.6) is 0 Å². The number of rotatable bonds is 3. The van der Waals surface area contributed by atoms with Gasteiger partial charge in [0.25, 0.3) is 0 Å². The van der Waals surface area contributed by atoms with E-state index in [4.69, 9.17) is 11.6 Å². The fourth-order valence-corrected chi connectivity index (χ4v) is 1.66. The van der Waals surface area contributed by atoms with Crippen molar-refractivity contribution in [2.24, 2.45) is 0 Å². The minimum absolute atomic E-state index is 0.0118. The standard InChI is InChI=1S/C13H9ClF3N/c14-9-1-4-13(12(17)6-9)18-7-8-5-10(15)2-3-11(8)16/h1-6,18H,7H2. The Labute approximate surface area is 107 Å². The molecule has 0 amide bonds. The predicted molar refractivity (Wildman–Crippen MR) is 65.1 cm³/mol. The van der Waals surface area contributed by atoms with Gasteiger partial charge >= 0.3 is 0 Å². The summed E-state index contributed by atoms with van der Waals surface area (Å²) in [6, 6.07) is 7.22. The molecule has 1 nitrogen and oxygen atoms in total. The summed E-state index contributed by atoms with van der Waals surface area (Å²) in [4.78, 5) is 0. The molecule has 1 N–H and O–H groups in total. The molecule has 18 heavy (non-hydrogen) atoms. The molecule has 0 heterocycles. The maximum absolute atomic E-state index is 13.4. The van der Waals surface area contributed by atoms with E-state index >= 15 is 0 Å². The van der Waals surface area contributed by atoms with Crippen LogP contribution >= 0.6 is 11.6 Å². The molecule has 2 rings (SSSR count). The van der Waals surface area contributed by atoms with Gasteiger partial charge in [0.15, 0.2) is 0 Å². The molecule has 0 aromatic heterocycles. The van der Waals surface area contributed by atoms with Crippen LogP contribution in [0.15, 0.2) is 36.4 Å². The summed E-state index contributed by atoms with van der Waals surface area (Å²) in [6.07, 6.45) is 0. The Morgan fingerprint density at radius 2 is 1.72 bits per heavy atom. The molecule has 0 aliphatic carbocycles. The maximum Gasteiger partial charge on any atom is 0.147 e. The number of hydrogen-bond acceptors (Lipinski definition) is 1. The lowest BCUT2D eigenvalue weighted by Gasteiger charge is -2.08. The first-order chi connectivity index (χ1) is 8.56. The van der Waals surface area contributed by atoms with E-state index in [9.17, 15) is 13.2 Å². The van der Waals surface area contributed by atoms with Crippen LogP contribution in [0.1, 0.15) is 5.56 Å². The molecular weight excluding hydrogens is 263 g/mol. The van der Waals surface area contributed by atoms with Gasteiger partial charge in [0.2, 0.25) is 0 Å². The lowest BCUT2D eigenvalue weighted by atomic mass is 10.2. The third-order valence-corrected chi connectivity index (χ3v) is 2.64. The predicted octanol–water partition coefficient (Wildman–Crippen LogP) is 4.37. The second kappa shape index (κ2) is 5.31. The molecule has 0 radical (unpaired) electrons. The summed E-state index contributed by atoms with van der Waals surface area (Å²) >= 11 is 5.60. The molecule has 2 aromatic rings. The molecule has 0 aliphatic rings. The van der Waals surface area contributed by atoms with E-state index in [1.165, 1.54) is 12.1 Å². The fourth-order valence-electron chi connectivity index (χ4n) is 1.50. The van der Waals surface area contributed by atoms with Crippen LogP contribution in [0.3, 0.4) is 0 Å². The quantitative estimate of drug-likeness (QED) is 0.874. The first-order valence-corrected chi connectivity index (χ1v) is 5.57. The summed E-state index contributed by atoms with van der Waals surface area (Å²) < 4.78 is 39.7. The molecule has 0 saturated heterocycles. The van der Waals surface area contributed by atoms with Crippen molar-refractivity contribution in [1.82, 2.24) is 0 Å². The zero-order valence-electron chi connectivity index (χ0n) is 9.18. The van der Waals surface area contributed by atoms with Crippen LogP contribution in [0.2, 0.25) is 5.02 Å². The second-order valence-corrected chi connectivity index (χ2v) is 4.15. The van der Waals surface area contributed by atoms with Crippen LogP contribution < -0.4 is 5.32 Å². The van der Waals surface area contributed by atoms with Crippen molar-refractivity contribution in [3.05, 3.63) is 64.4 Å². The zero-order chi connectivity index (χ0) is 13.1. The smallest absolute Gasteiger partial charge is 0.147 e. The molecule has 0 spiro atoms. The molecule has 94 valence electrons. The van der Waals surface area contributed by atoms with Crippen LogP contribution in [-0.2, 0) is 6.54 Å². The first-order valence-electron chi connectivity index (χ1n) is 5.19. The summed E-state index contributed by atoms with van der Waals surface area (Å²) in [7, 11) is 0. The lowest BCUT2D eigenvalue weighted by Crippen LogP contribution is -2.03. The Bertz CT molecular complexity index is 572. The van der Waals surface area contributed by atoms with E-state index in [2.05, 4.69) is 5.32 Å². The minimum Gasteiger partial charge on any atom is -0.378 e. The molecule has 0 aliphatic heterocycles. The van der Waals surface area contributed by atoms with Gasteiger partial charge in [-0.1, -0.05) is 11.6 Å². The summed E-state index contributed by atoms with van der Waals surface area (Å²) in [5.74, 6) is -1.62. The summed E-state index contributed by atoms with van der Waals surface area (Å²) in [5.41, 5.74) is 0.312. The van der Waals surface area contributed by atoms with Gasteiger partial charge in [0.05, 0.1) is 5.69 Å². The Morgan fingerprint density at radius 3 is 2.44 bits per heavy atom. The van der Waals surface area contributed by atoms with Crippen LogP contribution in [0.25, 0.3) is 0 Å². The number of benzene rings is 2. The van der Waals surface area contributed by atoms with Gasteiger partial charge in [-0.25, -0.2) is 13.2 Å². The molecule has 2 aromatic carbocycles. The van der Waals surface area contributed by atoms with E-state index in [-0.39, 0.29) is 22.8 Å². The SMILES string of the molecule is Fc1ccc(F)c(CNc2ccc(Cl)cc2F)c1. The average Bonchev–Trinajstić information content (AvgIpc) is 2.32. The Balaban J connectivity index is 2.13. The summed E-state index contributed by atoms with van der Waals surface area (Å²) in [5, 5.41) is 2.96. The normalized spacial score (nSPS) is 10.4. The number of halogens is 4. The number of anilines is 1. The number of hydrogen-bond donors (Lipinski definition) is 1. The first kappa shape index (κ1) is 12.8. The Hall–Kier alpha value is -1.68. The molecule has 0 fully saturated rings. The minimum atomic E-state index is -0.543. The molecule has 0 unspecified atom stereocenters. The van der Waals surface area contributed by atoms with E-state index in [1.54, 1.807) is 0 Å². The van der Waals surface area contributed by atoms with E-state index in [1.807, 2.05) is 0 Å². The van der Waals surface area contributed by atoms with Gasteiger partial charge in [0, 0.05) is 17.1 Å². The average molecular weight is 272 g/mol. The molecule has 0 atom stereocenters. The molecule has 0 bridgehead atoms. The highest BCUT2D eigenvalue weighted by Gasteiger charge is 2.06. The van der Waals surface area contributed by atoms with Gasteiger partial charge in [-0.05, 0) is 36.4 Å². The largest absolute Gasteiger partial charge is 0.378 e. The van der Waals surface area contributed by atoms with Crippen molar-refractivity contribution in [2.75, 3.05) is 5.32 Å². The van der Waals surface area contributed by atoms with Crippen molar-refractivity contribution in [3.63, 3.8) is 0 Å². The highest BCUT2D eigenvalue weighted by molar-refractivity contribution is 6.30. The Morgan fingerprint density at radius 1 is 0.944 bits per heavy atom. The van der Waals surface area contributed by atoms with Crippen molar-refractivity contribution in [1.29, 1.82) is 0 Å². The molecular formula is C13H9ClF3N. The van der Waals surface area contributed by atoms with Gasteiger partial charge in [-0.2, -0.15) is 0 Å². The van der Waals surface area contributed by atoms with Crippen molar-refractivity contribution < 1.29 is 13.2 Å². The van der Waals surface area contributed by atoms with Crippen molar-refractivity contribution in [3.8, 4) is 0 Å². The van der Waals surface area contributed by atoms with Crippen LogP contribution in [0, 0.1) is 17.5 Å². The summed E-state index contributed by atoms with van der Waals surface area (Å²) in [6.45, 7) is -0.0118. The maximum atomic E-state index is 13.4. The van der Waals surface area contributed by atoms with Gasteiger partial charge in [-0.3, -0.25) is 0 Å².